The second-order valence-corrected chi connectivity index (χ2v) is 21.8. The number of hydrogen-bond acceptors (Lipinski definition) is 5. The fourth-order valence-electron chi connectivity index (χ4n) is 8.28. The summed E-state index contributed by atoms with van der Waals surface area (Å²) in [5.74, 6) is -0.187. The number of allylic oxidation sites excluding steroid dienone is 3. The lowest BCUT2D eigenvalue weighted by Gasteiger charge is -2.25. The second-order valence-electron chi connectivity index (χ2n) is 20.3. The van der Waals surface area contributed by atoms with Crippen LogP contribution in [0, 0.1) is 0 Å². The molecule has 3 N–H and O–H groups in total. The Balaban J connectivity index is 3.99. The lowest BCUT2D eigenvalue weighted by molar-refractivity contribution is -0.870. The zero-order valence-corrected chi connectivity index (χ0v) is 44.2. The zero-order chi connectivity index (χ0) is 47.1. The monoisotopic (exact) mass is 926 g/mol. The van der Waals surface area contributed by atoms with Gasteiger partial charge in [-0.2, -0.15) is 0 Å². The Morgan fingerprint density at radius 1 is 0.516 bits per heavy atom. The number of aliphatic hydroxyl groups is 1. The van der Waals surface area contributed by atoms with Crippen molar-refractivity contribution in [3.63, 3.8) is 0 Å². The van der Waals surface area contributed by atoms with Crippen molar-refractivity contribution < 1.29 is 32.9 Å². The molecule has 0 aliphatic heterocycles. The van der Waals surface area contributed by atoms with Gasteiger partial charge in [0, 0.05) is 6.42 Å². The fourth-order valence-corrected chi connectivity index (χ4v) is 9.02. The average Bonchev–Trinajstić information content (AvgIpc) is 3.25. The number of hydrogen-bond donors (Lipinski definition) is 3. The van der Waals surface area contributed by atoms with Gasteiger partial charge in [0.1, 0.15) is 13.2 Å². The number of rotatable bonds is 51. The van der Waals surface area contributed by atoms with Gasteiger partial charge in [-0.05, 0) is 38.5 Å². The summed E-state index contributed by atoms with van der Waals surface area (Å²) in [6, 6.07) is -0.848. The Labute approximate surface area is 398 Å². The molecule has 0 aromatic carbocycles. The normalized spacial score (nSPS) is 14.2. The molecule has 3 unspecified atom stereocenters. The number of quaternary nitrogens is 1. The summed E-state index contributed by atoms with van der Waals surface area (Å²) < 4.78 is 23.6. The van der Waals surface area contributed by atoms with Crippen LogP contribution < -0.4 is 5.32 Å². The Bertz CT molecular complexity index is 1090. The van der Waals surface area contributed by atoms with E-state index >= 15 is 0 Å². The van der Waals surface area contributed by atoms with E-state index in [1.807, 2.05) is 27.2 Å². The highest BCUT2D eigenvalue weighted by Crippen LogP contribution is 2.43. The molecule has 8 nitrogen and oxygen atoms in total. The van der Waals surface area contributed by atoms with Crippen LogP contribution in [0.25, 0.3) is 0 Å². The number of amides is 1. The van der Waals surface area contributed by atoms with Crippen molar-refractivity contribution in [3.05, 3.63) is 24.3 Å². The molecular formula is C55H110N2O6P+. The fraction of sp³-hybridized carbons (Fsp3) is 0.909. The van der Waals surface area contributed by atoms with Crippen molar-refractivity contribution in [3.8, 4) is 0 Å². The molecule has 64 heavy (non-hydrogen) atoms. The molecule has 0 saturated carbocycles. The molecule has 0 aromatic rings. The summed E-state index contributed by atoms with van der Waals surface area (Å²) in [6.07, 6.45) is 58.8. The first-order valence-electron chi connectivity index (χ1n) is 27.7. The highest BCUT2D eigenvalue weighted by molar-refractivity contribution is 7.47. The van der Waals surface area contributed by atoms with E-state index in [0.29, 0.717) is 17.4 Å². The minimum Gasteiger partial charge on any atom is -0.387 e. The number of phosphoric acid groups is 1. The van der Waals surface area contributed by atoms with E-state index in [0.717, 1.165) is 57.8 Å². The van der Waals surface area contributed by atoms with Gasteiger partial charge in [0.2, 0.25) is 5.91 Å². The molecule has 0 radical (unpaired) electrons. The van der Waals surface area contributed by atoms with Crippen LogP contribution in [0.5, 0.6) is 0 Å². The zero-order valence-electron chi connectivity index (χ0n) is 43.3. The van der Waals surface area contributed by atoms with Crippen LogP contribution in [0.2, 0.25) is 0 Å². The van der Waals surface area contributed by atoms with E-state index in [1.54, 1.807) is 6.08 Å². The van der Waals surface area contributed by atoms with Crippen LogP contribution in [0.3, 0.4) is 0 Å². The number of aliphatic hydroxyl groups excluding tert-OH is 1. The molecule has 0 aliphatic carbocycles. The molecular weight excluding hydrogens is 816 g/mol. The van der Waals surface area contributed by atoms with E-state index in [4.69, 9.17) is 9.05 Å². The van der Waals surface area contributed by atoms with Crippen LogP contribution >= 0.6 is 7.82 Å². The van der Waals surface area contributed by atoms with Crippen molar-refractivity contribution in [2.45, 2.75) is 283 Å². The summed E-state index contributed by atoms with van der Waals surface area (Å²) >= 11 is 0. The Kier molecular flexibility index (Phi) is 46.3. The highest BCUT2D eigenvalue weighted by Gasteiger charge is 2.27. The first-order valence-corrected chi connectivity index (χ1v) is 29.2. The number of nitrogens with one attached hydrogen (secondary N) is 1. The molecule has 3 atom stereocenters. The lowest BCUT2D eigenvalue weighted by Crippen LogP contribution is -2.45. The lowest BCUT2D eigenvalue weighted by atomic mass is 10.0. The van der Waals surface area contributed by atoms with E-state index in [9.17, 15) is 19.4 Å². The predicted octanol–water partition coefficient (Wildman–Crippen LogP) is 16.4. The number of carbonyl (C=O) groups is 1. The third-order valence-corrected chi connectivity index (χ3v) is 13.6. The van der Waals surface area contributed by atoms with Gasteiger partial charge in [0.05, 0.1) is 39.9 Å². The molecule has 0 heterocycles. The molecule has 0 spiro atoms. The van der Waals surface area contributed by atoms with Crippen molar-refractivity contribution in [1.82, 2.24) is 5.32 Å². The molecule has 0 saturated heterocycles. The first kappa shape index (κ1) is 63.0. The van der Waals surface area contributed by atoms with Crippen LogP contribution in [-0.2, 0) is 18.4 Å². The summed E-state index contributed by atoms with van der Waals surface area (Å²) in [6.45, 7) is 4.77. The Morgan fingerprint density at radius 2 is 0.875 bits per heavy atom. The van der Waals surface area contributed by atoms with E-state index in [2.05, 4.69) is 31.3 Å². The van der Waals surface area contributed by atoms with Gasteiger partial charge in [-0.3, -0.25) is 13.8 Å². The average molecular weight is 926 g/mol. The maximum absolute atomic E-state index is 12.8. The number of phosphoric ester groups is 1. The molecule has 0 rings (SSSR count). The highest BCUT2D eigenvalue weighted by atomic mass is 31.2. The minimum absolute atomic E-state index is 0.0610. The van der Waals surface area contributed by atoms with Gasteiger partial charge in [0.15, 0.2) is 0 Å². The van der Waals surface area contributed by atoms with Crippen molar-refractivity contribution in [2.75, 3.05) is 40.9 Å². The van der Waals surface area contributed by atoms with Crippen LogP contribution in [0.15, 0.2) is 24.3 Å². The smallest absolute Gasteiger partial charge is 0.387 e. The number of carbonyl (C=O) groups excluding carboxylic acids is 1. The first-order chi connectivity index (χ1) is 31.0. The summed E-state index contributed by atoms with van der Waals surface area (Å²) in [5.41, 5.74) is 0. The Morgan fingerprint density at radius 3 is 1.27 bits per heavy atom. The summed E-state index contributed by atoms with van der Waals surface area (Å²) in [5, 5.41) is 13.9. The van der Waals surface area contributed by atoms with Gasteiger partial charge < -0.3 is 19.8 Å². The minimum atomic E-state index is -4.34. The molecule has 1 amide bonds. The maximum atomic E-state index is 12.8. The topological polar surface area (TPSA) is 105 Å². The van der Waals surface area contributed by atoms with E-state index in [1.165, 1.54) is 193 Å². The van der Waals surface area contributed by atoms with Crippen molar-refractivity contribution >= 4 is 13.7 Å². The van der Waals surface area contributed by atoms with Crippen molar-refractivity contribution in [1.29, 1.82) is 0 Å². The quantitative estimate of drug-likeness (QED) is 0.0243. The van der Waals surface area contributed by atoms with Gasteiger partial charge in [-0.25, -0.2) is 4.57 Å². The predicted molar refractivity (Wildman–Crippen MR) is 277 cm³/mol. The molecule has 0 fully saturated rings. The Hall–Kier alpha value is -1.02. The van der Waals surface area contributed by atoms with Gasteiger partial charge in [-0.15, -0.1) is 0 Å². The SMILES string of the molecule is CCC/C=C\CCCCCCCC(=O)NC(COP(=O)(O)OCC[N+](C)(C)C)C(O)/C=C/CCCCCCCCCCCCCCCCCCCCCCCCCCCCCCCC. The molecule has 0 aromatic heterocycles. The van der Waals surface area contributed by atoms with Crippen LogP contribution in [0.1, 0.15) is 271 Å². The number of nitrogens with zero attached hydrogens (tertiary/aromatic N) is 1. The van der Waals surface area contributed by atoms with Crippen LogP contribution in [-0.4, -0.2) is 73.4 Å². The largest absolute Gasteiger partial charge is 0.472 e. The van der Waals surface area contributed by atoms with Crippen molar-refractivity contribution in [2.24, 2.45) is 0 Å². The second kappa shape index (κ2) is 47.1. The molecule has 0 aliphatic rings. The van der Waals surface area contributed by atoms with E-state index in [-0.39, 0.29) is 19.1 Å². The summed E-state index contributed by atoms with van der Waals surface area (Å²) in [4.78, 5) is 23.1. The number of unbranched alkanes of at least 4 members (excludes halogenated alkanes) is 36. The molecule has 0 bridgehead atoms. The molecule has 380 valence electrons. The summed E-state index contributed by atoms with van der Waals surface area (Å²) in [7, 11) is 1.57. The molecule has 9 heteroatoms. The van der Waals surface area contributed by atoms with Crippen LogP contribution in [0.4, 0.5) is 0 Å². The third-order valence-electron chi connectivity index (χ3n) is 12.6. The van der Waals surface area contributed by atoms with Gasteiger partial charge in [0.25, 0.3) is 0 Å². The number of likely N-dealkylation sites (N-methyl/N-ethyl adjacent to an activating group) is 1. The maximum Gasteiger partial charge on any atom is 0.472 e. The van der Waals surface area contributed by atoms with Gasteiger partial charge >= 0.3 is 7.82 Å². The van der Waals surface area contributed by atoms with E-state index < -0.39 is 20.0 Å². The standard InChI is InChI=1S/C55H109N2O6P/c1-6-8-10-12-14-16-18-19-20-21-22-23-24-25-26-27-28-29-30-31-32-33-34-35-36-37-38-39-40-42-44-46-48-54(58)53(52-63-64(60,61)62-51-50-57(3,4)5)56-55(59)49-47-45-43-41-17-15-13-11-9-7-2/h11,13,46,48,53-54,58H,6-10,12,14-45,47,49-52H2,1-5H3,(H-,56,59,60,61)/p+1/b13-11-,48-46+. The van der Waals surface area contributed by atoms with Gasteiger partial charge in [-0.1, -0.05) is 250 Å². The third kappa shape index (κ3) is 48.9.